The second kappa shape index (κ2) is 8.03. The Morgan fingerprint density at radius 1 is 1.04 bits per heavy atom. The fourth-order valence-corrected chi connectivity index (χ4v) is 3.94. The fourth-order valence-electron chi connectivity index (χ4n) is 3.72. The smallest absolute Gasteiger partial charge is 0.336 e. The maximum atomic E-state index is 14.0. The van der Waals surface area contributed by atoms with E-state index < -0.39 is 0 Å². The van der Waals surface area contributed by atoms with E-state index in [1.165, 1.54) is 6.07 Å². The lowest BCUT2D eigenvalue weighted by molar-refractivity contribution is 0.121. The summed E-state index contributed by atoms with van der Waals surface area (Å²) in [5, 5.41) is 1.45. The Morgan fingerprint density at radius 3 is 2.46 bits per heavy atom. The molecule has 0 unspecified atom stereocenters. The van der Waals surface area contributed by atoms with Gasteiger partial charge < -0.3 is 4.42 Å². The molecule has 6 heteroatoms. The third-order valence-corrected chi connectivity index (χ3v) is 5.64. The van der Waals surface area contributed by atoms with E-state index in [0.29, 0.717) is 29.3 Å². The van der Waals surface area contributed by atoms with Crippen LogP contribution in [-0.4, -0.2) is 36.0 Å². The Balaban J connectivity index is 1.44. The van der Waals surface area contributed by atoms with E-state index in [4.69, 9.17) is 16.0 Å². The lowest BCUT2D eigenvalue weighted by Crippen LogP contribution is -2.45. The van der Waals surface area contributed by atoms with Crippen LogP contribution < -0.4 is 5.63 Å². The van der Waals surface area contributed by atoms with E-state index in [1.807, 2.05) is 25.1 Å². The Labute approximate surface area is 168 Å². The number of halogens is 2. The molecule has 0 aliphatic carbocycles. The summed E-state index contributed by atoms with van der Waals surface area (Å²) in [4.78, 5) is 16.5. The van der Waals surface area contributed by atoms with Crippen LogP contribution in [0.5, 0.6) is 0 Å². The molecule has 1 aliphatic rings. The van der Waals surface area contributed by atoms with Gasteiger partial charge in [-0.3, -0.25) is 9.80 Å². The Morgan fingerprint density at radius 2 is 1.75 bits per heavy atom. The maximum Gasteiger partial charge on any atom is 0.336 e. The molecule has 146 valence electrons. The molecule has 1 fully saturated rings. The van der Waals surface area contributed by atoms with Crippen LogP contribution in [0.1, 0.15) is 16.7 Å². The largest absolute Gasteiger partial charge is 0.423 e. The van der Waals surface area contributed by atoms with Gasteiger partial charge >= 0.3 is 5.63 Å². The van der Waals surface area contributed by atoms with Gasteiger partial charge in [-0.1, -0.05) is 29.8 Å². The minimum Gasteiger partial charge on any atom is -0.423 e. The van der Waals surface area contributed by atoms with Gasteiger partial charge in [-0.2, -0.15) is 0 Å². The van der Waals surface area contributed by atoms with Crippen LogP contribution in [0.4, 0.5) is 4.39 Å². The quantitative estimate of drug-likeness (QED) is 0.615. The zero-order valence-electron chi connectivity index (χ0n) is 15.8. The number of fused-ring (bicyclic) bond motifs is 1. The molecule has 2 heterocycles. The van der Waals surface area contributed by atoms with Crippen LogP contribution in [-0.2, 0) is 13.1 Å². The molecule has 0 amide bonds. The highest BCUT2D eigenvalue weighted by atomic mass is 35.5. The summed E-state index contributed by atoms with van der Waals surface area (Å²) < 4.78 is 19.4. The van der Waals surface area contributed by atoms with Gasteiger partial charge in [-0.05, 0) is 36.2 Å². The van der Waals surface area contributed by atoms with E-state index in [9.17, 15) is 9.18 Å². The van der Waals surface area contributed by atoms with Crippen LogP contribution in [0.3, 0.4) is 0 Å². The molecule has 0 saturated carbocycles. The molecule has 0 spiro atoms. The molecule has 4 rings (SSSR count). The van der Waals surface area contributed by atoms with Crippen LogP contribution in [0, 0.1) is 12.7 Å². The lowest BCUT2D eigenvalue weighted by atomic mass is 10.1. The van der Waals surface area contributed by atoms with Crippen molar-refractivity contribution >= 4 is 22.6 Å². The third-order valence-electron chi connectivity index (χ3n) is 5.29. The zero-order chi connectivity index (χ0) is 19.7. The Bertz CT molecular complexity index is 1040. The van der Waals surface area contributed by atoms with Crippen LogP contribution in [0.2, 0.25) is 5.02 Å². The summed E-state index contributed by atoms with van der Waals surface area (Å²) in [6, 6.07) is 12.3. The van der Waals surface area contributed by atoms with Gasteiger partial charge in [0.15, 0.2) is 0 Å². The second-order valence-electron chi connectivity index (χ2n) is 7.34. The summed E-state index contributed by atoms with van der Waals surface area (Å²) in [7, 11) is 0. The van der Waals surface area contributed by atoms with Crippen LogP contribution in [0.25, 0.3) is 11.0 Å². The average Bonchev–Trinajstić information content (AvgIpc) is 2.65. The second-order valence-corrected chi connectivity index (χ2v) is 7.75. The maximum absolute atomic E-state index is 14.0. The standard InChI is InChI=1S/C22H22ClFN2O2/c1-15-5-6-17-16(12-22(27)28-21(17)11-15)13-25-7-9-26(10-8-25)14-18-19(23)3-2-4-20(18)24/h2-6,11-12H,7-10,13-14H2,1H3. The normalized spacial score (nSPS) is 16.0. The minimum atomic E-state index is -0.319. The summed E-state index contributed by atoms with van der Waals surface area (Å²) >= 11 is 6.15. The molecule has 28 heavy (non-hydrogen) atoms. The number of hydrogen-bond donors (Lipinski definition) is 0. The molecule has 4 nitrogen and oxygen atoms in total. The topological polar surface area (TPSA) is 36.7 Å². The van der Waals surface area contributed by atoms with Crippen molar-refractivity contribution in [3.05, 3.63) is 80.4 Å². The van der Waals surface area contributed by atoms with Gasteiger partial charge in [-0.25, -0.2) is 9.18 Å². The van der Waals surface area contributed by atoms with E-state index in [-0.39, 0.29) is 11.4 Å². The van der Waals surface area contributed by atoms with Gasteiger partial charge in [0, 0.05) is 61.3 Å². The van der Waals surface area contributed by atoms with Gasteiger partial charge in [0.2, 0.25) is 0 Å². The van der Waals surface area contributed by atoms with E-state index >= 15 is 0 Å². The summed E-state index contributed by atoms with van der Waals surface area (Å²) in [5.41, 5.74) is 2.92. The van der Waals surface area contributed by atoms with E-state index in [2.05, 4.69) is 9.80 Å². The Hall–Kier alpha value is -2.21. The molecule has 0 radical (unpaired) electrons. The number of piperazine rings is 1. The molecule has 0 atom stereocenters. The third kappa shape index (κ3) is 4.12. The number of hydrogen-bond acceptors (Lipinski definition) is 4. The van der Waals surface area contributed by atoms with Gasteiger partial charge in [0.05, 0.1) is 0 Å². The predicted octanol–water partition coefficient (Wildman–Crippen LogP) is 4.21. The number of benzene rings is 2. The monoisotopic (exact) mass is 400 g/mol. The highest BCUT2D eigenvalue weighted by molar-refractivity contribution is 6.31. The van der Waals surface area contributed by atoms with Crippen LogP contribution in [0.15, 0.2) is 51.7 Å². The zero-order valence-corrected chi connectivity index (χ0v) is 16.5. The lowest BCUT2D eigenvalue weighted by Gasteiger charge is -2.35. The van der Waals surface area contributed by atoms with Crippen molar-refractivity contribution in [2.45, 2.75) is 20.0 Å². The number of rotatable bonds is 4. The van der Waals surface area contributed by atoms with Crippen molar-refractivity contribution in [3.8, 4) is 0 Å². The van der Waals surface area contributed by atoms with Crippen molar-refractivity contribution in [3.63, 3.8) is 0 Å². The summed E-state index contributed by atoms with van der Waals surface area (Å²) in [5.74, 6) is -0.257. The molecule has 3 aromatic rings. The molecule has 1 saturated heterocycles. The van der Waals surface area contributed by atoms with Crippen LogP contribution >= 0.6 is 11.6 Å². The first-order chi connectivity index (χ1) is 13.5. The van der Waals surface area contributed by atoms with E-state index in [1.54, 1.807) is 18.2 Å². The molecular weight excluding hydrogens is 379 g/mol. The molecular formula is C22H22ClFN2O2. The molecule has 1 aromatic heterocycles. The van der Waals surface area contributed by atoms with Crippen molar-refractivity contribution in [1.29, 1.82) is 0 Å². The Kier molecular flexibility index (Phi) is 5.49. The van der Waals surface area contributed by atoms with Gasteiger partial charge in [0.25, 0.3) is 0 Å². The highest BCUT2D eigenvalue weighted by Gasteiger charge is 2.20. The summed E-state index contributed by atoms with van der Waals surface area (Å²) in [6.45, 7) is 6.52. The predicted molar refractivity (Wildman–Crippen MR) is 109 cm³/mol. The molecule has 0 bridgehead atoms. The van der Waals surface area contributed by atoms with Crippen molar-refractivity contribution in [1.82, 2.24) is 9.80 Å². The molecule has 0 N–H and O–H groups in total. The minimum absolute atomic E-state index is 0.257. The molecule has 1 aliphatic heterocycles. The van der Waals surface area contributed by atoms with Gasteiger partial charge in [-0.15, -0.1) is 0 Å². The first-order valence-corrected chi connectivity index (χ1v) is 9.78. The number of aryl methyl sites for hydroxylation is 1. The van der Waals surface area contributed by atoms with Crippen molar-refractivity contribution < 1.29 is 8.81 Å². The first kappa shape index (κ1) is 19.1. The first-order valence-electron chi connectivity index (χ1n) is 9.40. The fraction of sp³-hybridized carbons (Fsp3) is 0.318. The molecule has 2 aromatic carbocycles. The van der Waals surface area contributed by atoms with E-state index in [0.717, 1.165) is 42.7 Å². The highest BCUT2D eigenvalue weighted by Crippen LogP contribution is 2.23. The SMILES string of the molecule is Cc1ccc2c(CN3CCN(Cc4c(F)cccc4Cl)CC3)cc(=O)oc2c1. The van der Waals surface area contributed by atoms with Crippen molar-refractivity contribution in [2.75, 3.05) is 26.2 Å². The van der Waals surface area contributed by atoms with Gasteiger partial charge in [0.1, 0.15) is 11.4 Å². The van der Waals surface area contributed by atoms with Crippen molar-refractivity contribution in [2.24, 2.45) is 0 Å². The number of nitrogens with zero attached hydrogens (tertiary/aromatic N) is 2. The summed E-state index contributed by atoms with van der Waals surface area (Å²) in [6.07, 6.45) is 0. The average molecular weight is 401 g/mol.